The van der Waals surface area contributed by atoms with Crippen LogP contribution in [0.1, 0.15) is 30.8 Å². The van der Waals surface area contributed by atoms with Crippen LogP contribution in [0.4, 0.5) is 0 Å². The second-order valence-corrected chi connectivity index (χ2v) is 3.55. The Morgan fingerprint density at radius 2 is 2.27 bits per heavy atom. The molecule has 82 valence electrons. The molecule has 2 unspecified atom stereocenters. The van der Waals surface area contributed by atoms with Gasteiger partial charge in [-0.1, -0.05) is 0 Å². The van der Waals surface area contributed by atoms with Crippen LogP contribution in [-0.2, 0) is 0 Å². The summed E-state index contributed by atoms with van der Waals surface area (Å²) in [6, 6.07) is -0.0838. The number of aromatic nitrogens is 2. The van der Waals surface area contributed by atoms with Gasteiger partial charge in [0.2, 0.25) is 0 Å². The maximum absolute atomic E-state index is 11.5. The number of hydrogen-bond donors (Lipinski definition) is 2. The number of nitrogens with zero attached hydrogens (tertiary/aromatic N) is 2. The summed E-state index contributed by atoms with van der Waals surface area (Å²) in [5.41, 5.74) is 0.287. The number of aliphatic hydroxyl groups is 1. The second-order valence-electron chi connectivity index (χ2n) is 3.55. The second kappa shape index (κ2) is 5.41. The SMILES string of the molecule is CC(O)CC(C)NC(=O)c1cnccn1. The van der Waals surface area contributed by atoms with Crippen LogP contribution in [-0.4, -0.2) is 33.1 Å². The minimum Gasteiger partial charge on any atom is -0.393 e. The molecule has 0 aliphatic heterocycles. The summed E-state index contributed by atoms with van der Waals surface area (Å²) in [4.78, 5) is 19.2. The van der Waals surface area contributed by atoms with E-state index in [4.69, 9.17) is 5.11 Å². The van der Waals surface area contributed by atoms with Gasteiger partial charge in [0.1, 0.15) is 5.69 Å². The minimum absolute atomic E-state index is 0.0838. The summed E-state index contributed by atoms with van der Waals surface area (Å²) in [5.74, 6) is -0.267. The summed E-state index contributed by atoms with van der Waals surface area (Å²) in [6.45, 7) is 3.52. The normalized spacial score (nSPS) is 14.3. The molecule has 1 rings (SSSR count). The van der Waals surface area contributed by atoms with Crippen molar-refractivity contribution in [3.05, 3.63) is 24.3 Å². The third-order valence-electron chi connectivity index (χ3n) is 1.87. The smallest absolute Gasteiger partial charge is 0.271 e. The van der Waals surface area contributed by atoms with Crippen molar-refractivity contribution < 1.29 is 9.90 Å². The van der Waals surface area contributed by atoms with Crippen LogP contribution in [0.15, 0.2) is 18.6 Å². The number of aliphatic hydroxyl groups excluding tert-OH is 1. The highest BCUT2D eigenvalue weighted by Gasteiger charge is 2.12. The van der Waals surface area contributed by atoms with Gasteiger partial charge in [-0.2, -0.15) is 0 Å². The zero-order valence-electron chi connectivity index (χ0n) is 8.84. The third-order valence-corrected chi connectivity index (χ3v) is 1.87. The van der Waals surface area contributed by atoms with E-state index in [1.807, 2.05) is 6.92 Å². The quantitative estimate of drug-likeness (QED) is 0.751. The standard InChI is InChI=1S/C10H15N3O2/c1-7(5-8(2)14)13-10(15)9-6-11-3-4-12-9/h3-4,6-8,14H,5H2,1-2H3,(H,13,15). The lowest BCUT2D eigenvalue weighted by molar-refractivity contribution is 0.0917. The molecular formula is C10H15N3O2. The fourth-order valence-electron chi connectivity index (χ4n) is 1.28. The highest BCUT2D eigenvalue weighted by Crippen LogP contribution is 1.98. The summed E-state index contributed by atoms with van der Waals surface area (Å²) in [6.07, 6.45) is 4.47. The molecule has 0 saturated heterocycles. The van der Waals surface area contributed by atoms with Crippen LogP contribution >= 0.6 is 0 Å². The number of amides is 1. The molecule has 0 aromatic carbocycles. The first-order chi connectivity index (χ1) is 7.09. The van der Waals surface area contributed by atoms with Crippen LogP contribution < -0.4 is 5.32 Å². The molecule has 1 aromatic heterocycles. The Bertz CT molecular complexity index is 314. The summed E-state index contributed by atoms with van der Waals surface area (Å²) in [7, 11) is 0. The summed E-state index contributed by atoms with van der Waals surface area (Å²) >= 11 is 0. The molecule has 5 nitrogen and oxygen atoms in total. The van der Waals surface area contributed by atoms with E-state index >= 15 is 0 Å². The number of carbonyl (C=O) groups is 1. The maximum Gasteiger partial charge on any atom is 0.271 e. The molecular weight excluding hydrogens is 194 g/mol. The van der Waals surface area contributed by atoms with Gasteiger partial charge in [0.15, 0.2) is 0 Å². The van der Waals surface area contributed by atoms with E-state index in [2.05, 4.69) is 15.3 Å². The lowest BCUT2D eigenvalue weighted by Gasteiger charge is -2.14. The average Bonchev–Trinajstić information content (AvgIpc) is 2.17. The molecule has 0 bridgehead atoms. The molecule has 0 aliphatic rings. The van der Waals surface area contributed by atoms with Crippen LogP contribution in [0.25, 0.3) is 0 Å². The lowest BCUT2D eigenvalue weighted by atomic mass is 10.1. The van der Waals surface area contributed by atoms with Gasteiger partial charge < -0.3 is 10.4 Å². The van der Waals surface area contributed by atoms with E-state index in [9.17, 15) is 4.79 Å². The number of carbonyl (C=O) groups excluding carboxylic acids is 1. The van der Waals surface area contributed by atoms with Crippen molar-refractivity contribution in [1.82, 2.24) is 15.3 Å². The number of rotatable bonds is 4. The fourth-order valence-corrected chi connectivity index (χ4v) is 1.28. The molecule has 1 amide bonds. The van der Waals surface area contributed by atoms with E-state index < -0.39 is 6.10 Å². The van der Waals surface area contributed by atoms with Crippen molar-refractivity contribution in [3.63, 3.8) is 0 Å². The molecule has 1 heterocycles. The Balaban J connectivity index is 2.49. The molecule has 0 saturated carbocycles. The largest absolute Gasteiger partial charge is 0.393 e. The number of nitrogens with one attached hydrogen (secondary N) is 1. The first-order valence-corrected chi connectivity index (χ1v) is 4.84. The molecule has 0 aliphatic carbocycles. The van der Waals surface area contributed by atoms with Crippen molar-refractivity contribution in [3.8, 4) is 0 Å². The highest BCUT2D eigenvalue weighted by molar-refractivity contribution is 5.92. The Morgan fingerprint density at radius 3 is 2.80 bits per heavy atom. The van der Waals surface area contributed by atoms with Crippen molar-refractivity contribution in [2.75, 3.05) is 0 Å². The lowest BCUT2D eigenvalue weighted by Crippen LogP contribution is -2.35. The zero-order chi connectivity index (χ0) is 11.3. The summed E-state index contributed by atoms with van der Waals surface area (Å²) in [5, 5.41) is 11.9. The van der Waals surface area contributed by atoms with Gasteiger partial charge in [-0.3, -0.25) is 9.78 Å². The van der Waals surface area contributed by atoms with E-state index in [1.165, 1.54) is 18.6 Å². The highest BCUT2D eigenvalue weighted by atomic mass is 16.3. The Hall–Kier alpha value is -1.49. The van der Waals surface area contributed by atoms with Gasteiger partial charge in [-0.25, -0.2) is 4.98 Å². The van der Waals surface area contributed by atoms with Gasteiger partial charge in [-0.05, 0) is 20.3 Å². The Labute approximate surface area is 88.6 Å². The predicted octanol–water partition coefficient (Wildman–Crippen LogP) is 0.366. The van der Waals surface area contributed by atoms with E-state index in [0.717, 1.165) is 0 Å². The minimum atomic E-state index is -0.429. The molecule has 0 spiro atoms. The topological polar surface area (TPSA) is 75.1 Å². The predicted molar refractivity (Wildman–Crippen MR) is 55.3 cm³/mol. The average molecular weight is 209 g/mol. The fraction of sp³-hybridized carbons (Fsp3) is 0.500. The van der Waals surface area contributed by atoms with Gasteiger partial charge in [0.05, 0.1) is 12.3 Å². The van der Waals surface area contributed by atoms with Crippen molar-refractivity contribution in [2.45, 2.75) is 32.4 Å². The molecule has 0 fully saturated rings. The first-order valence-electron chi connectivity index (χ1n) is 4.84. The maximum atomic E-state index is 11.5. The van der Waals surface area contributed by atoms with Crippen molar-refractivity contribution in [1.29, 1.82) is 0 Å². The molecule has 1 aromatic rings. The first kappa shape index (κ1) is 11.6. The van der Waals surface area contributed by atoms with Crippen LogP contribution in [0.5, 0.6) is 0 Å². The van der Waals surface area contributed by atoms with Gasteiger partial charge in [0.25, 0.3) is 5.91 Å². The van der Waals surface area contributed by atoms with E-state index in [-0.39, 0.29) is 17.6 Å². The molecule has 0 radical (unpaired) electrons. The Morgan fingerprint density at radius 1 is 1.53 bits per heavy atom. The molecule has 2 atom stereocenters. The number of hydrogen-bond acceptors (Lipinski definition) is 4. The van der Waals surface area contributed by atoms with Crippen LogP contribution in [0.3, 0.4) is 0 Å². The van der Waals surface area contributed by atoms with Gasteiger partial charge >= 0.3 is 0 Å². The molecule has 5 heteroatoms. The van der Waals surface area contributed by atoms with Crippen molar-refractivity contribution in [2.24, 2.45) is 0 Å². The third kappa shape index (κ3) is 4.03. The summed E-state index contributed by atoms with van der Waals surface area (Å²) < 4.78 is 0. The van der Waals surface area contributed by atoms with E-state index in [0.29, 0.717) is 6.42 Å². The monoisotopic (exact) mass is 209 g/mol. The van der Waals surface area contributed by atoms with Crippen molar-refractivity contribution >= 4 is 5.91 Å². The van der Waals surface area contributed by atoms with Crippen LogP contribution in [0.2, 0.25) is 0 Å². The molecule has 15 heavy (non-hydrogen) atoms. The van der Waals surface area contributed by atoms with Gasteiger partial charge in [0, 0.05) is 18.4 Å². The molecule has 2 N–H and O–H groups in total. The van der Waals surface area contributed by atoms with Gasteiger partial charge in [-0.15, -0.1) is 0 Å². The zero-order valence-corrected chi connectivity index (χ0v) is 8.84. The Kier molecular flexibility index (Phi) is 4.17. The van der Waals surface area contributed by atoms with E-state index in [1.54, 1.807) is 6.92 Å². The van der Waals surface area contributed by atoms with Crippen LogP contribution in [0, 0.1) is 0 Å².